The predicted molar refractivity (Wildman–Crippen MR) is 68.3 cm³/mol. The van der Waals surface area contributed by atoms with Crippen LogP contribution in [0.1, 0.15) is 26.2 Å². The zero-order valence-electron chi connectivity index (χ0n) is 11.3. The minimum absolute atomic E-state index is 0.0114. The lowest BCUT2D eigenvalue weighted by Gasteiger charge is -2.09. The molecule has 1 N–H and O–H groups in total. The third-order valence-electron chi connectivity index (χ3n) is 2.36. The van der Waals surface area contributed by atoms with Gasteiger partial charge in [0.25, 0.3) is 5.88 Å². The average molecular weight is 308 g/mol. The summed E-state index contributed by atoms with van der Waals surface area (Å²) in [5.74, 6) is -0.349. The maximum Gasteiger partial charge on any atom is 0.389 e. The maximum atomic E-state index is 12.0. The largest absolute Gasteiger partial charge is 0.473 e. The Bertz CT molecular complexity index is 482. The zero-order valence-corrected chi connectivity index (χ0v) is 11.3. The zero-order chi connectivity index (χ0) is 15.9. The minimum atomic E-state index is -4.28. The van der Waals surface area contributed by atoms with Crippen LogP contribution in [0, 0.1) is 10.1 Å². The van der Waals surface area contributed by atoms with Gasteiger partial charge < -0.3 is 10.1 Å². The summed E-state index contributed by atoms with van der Waals surface area (Å²) in [7, 11) is 0. The van der Waals surface area contributed by atoms with E-state index >= 15 is 0 Å². The van der Waals surface area contributed by atoms with E-state index in [1.807, 2.05) is 6.92 Å². The van der Waals surface area contributed by atoms with Gasteiger partial charge >= 0.3 is 11.9 Å². The van der Waals surface area contributed by atoms with Crippen molar-refractivity contribution in [3.63, 3.8) is 0 Å². The van der Waals surface area contributed by atoms with Gasteiger partial charge in [-0.05, 0) is 12.8 Å². The molecule has 1 aromatic heterocycles. The van der Waals surface area contributed by atoms with Crippen LogP contribution in [0.15, 0.2) is 6.33 Å². The summed E-state index contributed by atoms with van der Waals surface area (Å²) in [5, 5.41) is 13.8. The second-order valence-electron chi connectivity index (χ2n) is 4.13. The number of nitrogens with one attached hydrogen (secondary N) is 1. The van der Waals surface area contributed by atoms with Crippen molar-refractivity contribution in [2.75, 3.05) is 18.5 Å². The Labute approximate surface area is 118 Å². The first-order chi connectivity index (χ1) is 9.85. The topological polar surface area (TPSA) is 90.2 Å². The van der Waals surface area contributed by atoms with E-state index < -0.39 is 23.2 Å². The van der Waals surface area contributed by atoms with E-state index in [9.17, 15) is 23.3 Å². The molecule has 0 amide bonds. The quantitative estimate of drug-likeness (QED) is 0.451. The van der Waals surface area contributed by atoms with E-state index in [-0.39, 0.29) is 24.7 Å². The highest BCUT2D eigenvalue weighted by atomic mass is 19.4. The molecule has 10 heteroatoms. The Balaban J connectivity index is 2.74. The SMILES string of the molecule is CCCNc1ncnc(OCCCC(F)(F)F)c1[N+](=O)[O-]. The Morgan fingerprint density at radius 2 is 2.14 bits per heavy atom. The van der Waals surface area contributed by atoms with Crippen molar-refractivity contribution >= 4 is 11.5 Å². The van der Waals surface area contributed by atoms with Crippen molar-refractivity contribution in [2.24, 2.45) is 0 Å². The van der Waals surface area contributed by atoms with E-state index in [4.69, 9.17) is 4.74 Å². The number of aromatic nitrogens is 2. The molecule has 1 rings (SSSR count). The van der Waals surface area contributed by atoms with Crippen LogP contribution in [0.5, 0.6) is 5.88 Å². The summed E-state index contributed by atoms with van der Waals surface area (Å²) in [4.78, 5) is 17.6. The Hall–Kier alpha value is -2.13. The fourth-order valence-electron chi connectivity index (χ4n) is 1.45. The van der Waals surface area contributed by atoms with Crippen LogP contribution < -0.4 is 10.1 Å². The van der Waals surface area contributed by atoms with E-state index in [0.717, 1.165) is 12.7 Å². The van der Waals surface area contributed by atoms with Gasteiger partial charge in [-0.15, -0.1) is 0 Å². The molecule has 7 nitrogen and oxygen atoms in total. The highest BCUT2D eigenvalue weighted by Gasteiger charge is 2.27. The molecule has 0 radical (unpaired) electrons. The van der Waals surface area contributed by atoms with E-state index in [2.05, 4.69) is 15.3 Å². The first-order valence-corrected chi connectivity index (χ1v) is 6.28. The Kier molecular flexibility index (Phi) is 6.12. The molecule has 0 saturated carbocycles. The van der Waals surface area contributed by atoms with Gasteiger partial charge in [0.2, 0.25) is 5.82 Å². The van der Waals surface area contributed by atoms with Crippen LogP contribution >= 0.6 is 0 Å². The fourth-order valence-corrected chi connectivity index (χ4v) is 1.45. The molecule has 0 aromatic carbocycles. The van der Waals surface area contributed by atoms with E-state index in [0.29, 0.717) is 6.54 Å². The number of ether oxygens (including phenoxy) is 1. The molecule has 0 bridgehead atoms. The van der Waals surface area contributed by atoms with Crippen molar-refractivity contribution in [2.45, 2.75) is 32.4 Å². The van der Waals surface area contributed by atoms with Gasteiger partial charge in [-0.3, -0.25) is 10.1 Å². The average Bonchev–Trinajstić information content (AvgIpc) is 2.40. The van der Waals surface area contributed by atoms with Crippen LogP contribution in [0.4, 0.5) is 24.7 Å². The number of hydrogen-bond acceptors (Lipinski definition) is 6. The maximum absolute atomic E-state index is 12.0. The molecule has 0 aliphatic heterocycles. The molecule has 1 heterocycles. The van der Waals surface area contributed by atoms with Crippen molar-refractivity contribution in [3.8, 4) is 5.88 Å². The Morgan fingerprint density at radius 1 is 1.43 bits per heavy atom. The number of halogens is 3. The highest BCUT2D eigenvalue weighted by molar-refractivity contribution is 5.60. The van der Waals surface area contributed by atoms with Crippen LogP contribution in [0.2, 0.25) is 0 Å². The van der Waals surface area contributed by atoms with Gasteiger partial charge in [0.15, 0.2) is 0 Å². The monoisotopic (exact) mass is 308 g/mol. The van der Waals surface area contributed by atoms with Crippen molar-refractivity contribution < 1.29 is 22.8 Å². The molecular formula is C11H15F3N4O3. The molecule has 0 spiro atoms. The van der Waals surface area contributed by atoms with Gasteiger partial charge in [0, 0.05) is 13.0 Å². The third kappa shape index (κ3) is 5.79. The number of rotatable bonds is 8. The van der Waals surface area contributed by atoms with Crippen molar-refractivity contribution in [1.29, 1.82) is 0 Å². The van der Waals surface area contributed by atoms with Crippen LogP contribution in [-0.2, 0) is 0 Å². The molecule has 0 unspecified atom stereocenters. The minimum Gasteiger partial charge on any atom is -0.473 e. The summed E-state index contributed by atoms with van der Waals surface area (Å²) in [5.41, 5.74) is -0.474. The fraction of sp³-hybridized carbons (Fsp3) is 0.636. The molecule has 21 heavy (non-hydrogen) atoms. The first-order valence-electron chi connectivity index (χ1n) is 6.28. The molecule has 0 fully saturated rings. The summed E-state index contributed by atoms with van der Waals surface area (Å²) in [6, 6.07) is 0. The third-order valence-corrected chi connectivity index (χ3v) is 2.36. The molecule has 0 atom stereocenters. The lowest BCUT2D eigenvalue weighted by atomic mass is 10.3. The highest BCUT2D eigenvalue weighted by Crippen LogP contribution is 2.31. The molecule has 0 saturated heterocycles. The first kappa shape index (κ1) is 16.9. The Morgan fingerprint density at radius 3 is 2.71 bits per heavy atom. The number of anilines is 1. The van der Waals surface area contributed by atoms with Crippen molar-refractivity contribution in [3.05, 3.63) is 16.4 Å². The lowest BCUT2D eigenvalue weighted by molar-refractivity contribution is -0.385. The van der Waals surface area contributed by atoms with E-state index in [1.165, 1.54) is 0 Å². The van der Waals surface area contributed by atoms with Gasteiger partial charge in [-0.25, -0.2) is 4.98 Å². The summed E-state index contributed by atoms with van der Waals surface area (Å²) >= 11 is 0. The number of nitrogens with zero attached hydrogens (tertiary/aromatic N) is 3. The molecule has 0 aliphatic rings. The van der Waals surface area contributed by atoms with Crippen LogP contribution in [0.25, 0.3) is 0 Å². The summed E-state index contributed by atoms with van der Waals surface area (Å²) in [6.45, 7) is 2.02. The van der Waals surface area contributed by atoms with Gasteiger partial charge in [-0.1, -0.05) is 6.92 Å². The predicted octanol–water partition coefficient (Wildman–Crippen LogP) is 2.93. The number of hydrogen-bond donors (Lipinski definition) is 1. The second-order valence-corrected chi connectivity index (χ2v) is 4.13. The van der Waals surface area contributed by atoms with E-state index in [1.54, 1.807) is 0 Å². The van der Waals surface area contributed by atoms with Crippen molar-refractivity contribution in [1.82, 2.24) is 9.97 Å². The lowest BCUT2D eigenvalue weighted by Crippen LogP contribution is -2.12. The van der Waals surface area contributed by atoms with Gasteiger partial charge in [-0.2, -0.15) is 18.2 Å². The molecule has 1 aromatic rings. The van der Waals surface area contributed by atoms with Gasteiger partial charge in [0.05, 0.1) is 11.5 Å². The molecule has 118 valence electrons. The molecule has 0 aliphatic carbocycles. The molecular weight excluding hydrogens is 293 g/mol. The smallest absolute Gasteiger partial charge is 0.389 e. The standard InChI is InChI=1S/C11H15F3N4O3/c1-2-5-15-9-8(18(19)20)10(17-7-16-9)21-6-3-4-11(12,13)14/h7H,2-6H2,1H3,(H,15,16,17). The number of nitro groups is 1. The van der Waals surface area contributed by atoms with Crippen LogP contribution in [-0.4, -0.2) is 34.2 Å². The van der Waals surface area contributed by atoms with Crippen LogP contribution in [0.3, 0.4) is 0 Å². The summed E-state index contributed by atoms with van der Waals surface area (Å²) < 4.78 is 41.0. The van der Waals surface area contributed by atoms with Gasteiger partial charge in [0.1, 0.15) is 6.33 Å². The number of alkyl halides is 3. The second kappa shape index (κ2) is 7.60. The normalized spacial score (nSPS) is 11.2. The summed E-state index contributed by atoms with van der Waals surface area (Å²) in [6.07, 6.45) is -3.82.